The molecule has 6 atom stereocenters. The van der Waals surface area contributed by atoms with Crippen LogP contribution in [0.1, 0.15) is 29.9 Å². The zero-order valence-corrected chi connectivity index (χ0v) is 23.9. The summed E-state index contributed by atoms with van der Waals surface area (Å²) >= 11 is 14.1. The van der Waals surface area contributed by atoms with E-state index in [9.17, 15) is 37.5 Å². The molecular weight excluding hydrogens is 612 g/mol. The highest BCUT2D eigenvalue weighted by atomic mass is 35.5. The second-order valence-electron chi connectivity index (χ2n) is 11.1. The van der Waals surface area contributed by atoms with Gasteiger partial charge in [-0.05, 0) is 54.7 Å². The quantitative estimate of drug-likeness (QED) is 0.284. The molecular formula is C30H23Cl2F3N2O6. The molecule has 0 bridgehead atoms. The lowest BCUT2D eigenvalue weighted by atomic mass is 9.56. The summed E-state index contributed by atoms with van der Waals surface area (Å²) in [6.07, 6.45) is -2.12. The van der Waals surface area contributed by atoms with Crippen molar-refractivity contribution in [1.82, 2.24) is 4.90 Å². The third kappa shape index (κ3) is 4.04. The Kier molecular flexibility index (Phi) is 6.52. The van der Waals surface area contributed by atoms with E-state index >= 15 is 0 Å². The molecule has 2 aromatic rings. The van der Waals surface area contributed by atoms with E-state index < -0.39 is 74.9 Å². The predicted octanol–water partition coefficient (Wildman–Crippen LogP) is 5.13. The van der Waals surface area contributed by atoms with Gasteiger partial charge in [-0.1, -0.05) is 36.4 Å². The molecule has 2 aromatic carbocycles. The monoisotopic (exact) mass is 634 g/mol. The molecule has 2 saturated heterocycles. The largest absolute Gasteiger partial charge is 0.573 e. The zero-order chi connectivity index (χ0) is 31.2. The Morgan fingerprint density at radius 2 is 1.70 bits per heavy atom. The fraction of sp³-hybridized carbons (Fsp3) is 0.333. The van der Waals surface area contributed by atoms with E-state index in [1.807, 2.05) is 0 Å². The van der Waals surface area contributed by atoms with Crippen LogP contribution in [0.25, 0.3) is 6.08 Å². The number of hydrogen-bond acceptors (Lipinski definition) is 6. The molecule has 4 aliphatic rings. The lowest BCUT2D eigenvalue weighted by Crippen LogP contribution is -2.60. The molecule has 6 rings (SSSR count). The van der Waals surface area contributed by atoms with E-state index in [0.29, 0.717) is 11.3 Å². The third-order valence-corrected chi connectivity index (χ3v) is 10.4. The number of phenols is 1. The topological polar surface area (TPSA) is 104 Å². The van der Waals surface area contributed by atoms with Gasteiger partial charge in [-0.15, -0.1) is 36.4 Å². The second kappa shape index (κ2) is 9.59. The number of anilines is 1. The molecule has 224 valence electrons. The number of phenolic OH excluding ortho intramolecular Hbond substituents is 1. The Morgan fingerprint density at radius 3 is 2.33 bits per heavy atom. The number of nitrogens with zero attached hydrogens (tertiary/aromatic N) is 2. The highest BCUT2D eigenvalue weighted by Crippen LogP contribution is 2.66. The first-order valence-corrected chi connectivity index (χ1v) is 14.0. The molecule has 0 radical (unpaired) electrons. The number of alkyl halides is 5. The van der Waals surface area contributed by atoms with E-state index in [0.717, 1.165) is 33.6 Å². The number of allylic oxidation sites excluding steroid dienone is 2. The number of halogens is 5. The summed E-state index contributed by atoms with van der Waals surface area (Å²) in [6.45, 7) is 3.69. The van der Waals surface area contributed by atoms with Crippen LogP contribution < -0.4 is 9.64 Å². The number of likely N-dealkylation sites (tertiary alicyclic amines) is 1. The summed E-state index contributed by atoms with van der Waals surface area (Å²) in [5.74, 6) is -8.26. The number of rotatable bonds is 4. The fourth-order valence-electron chi connectivity index (χ4n) is 7.06. The summed E-state index contributed by atoms with van der Waals surface area (Å²) in [5.41, 5.74) is 1.17. The standard InChI is InChI=1S/C30H23Cl2F3N2O6/c1-3-14-4-6-15(7-5-14)37-24(39)18-10-9-17-20(22(18)25(37)40)13-28(31)26(41)36(2)27(42)29(28,32)23(17)19-12-16(8-11-21(19)38)43-30(33,34)35/h3-9,11-12,18,20,22-23,38H,1,10,13H2,2H3. The SMILES string of the molecule is C=Cc1ccc(N2C(=O)C3CC=C4C(CC5(Cl)C(=O)N(C)C(=O)C5(Cl)C4c4cc(OC(F)(F)F)ccc4O)C3C2=O)cc1. The number of imide groups is 2. The number of amides is 4. The normalized spacial score (nSPS) is 31.9. The van der Waals surface area contributed by atoms with Gasteiger partial charge in [-0.3, -0.25) is 29.0 Å². The van der Waals surface area contributed by atoms with Gasteiger partial charge in [0.2, 0.25) is 11.8 Å². The fourth-order valence-corrected chi connectivity index (χ4v) is 8.08. The maximum Gasteiger partial charge on any atom is 0.573 e. The van der Waals surface area contributed by atoms with E-state index in [4.69, 9.17) is 23.2 Å². The molecule has 0 spiro atoms. The van der Waals surface area contributed by atoms with Crippen LogP contribution in [0.5, 0.6) is 11.5 Å². The van der Waals surface area contributed by atoms with E-state index in [1.54, 1.807) is 36.4 Å². The predicted molar refractivity (Wildman–Crippen MR) is 149 cm³/mol. The minimum atomic E-state index is -5.07. The molecule has 2 heterocycles. The van der Waals surface area contributed by atoms with Crippen molar-refractivity contribution in [2.45, 2.75) is 34.9 Å². The highest BCUT2D eigenvalue weighted by molar-refractivity contribution is 6.53. The van der Waals surface area contributed by atoms with Crippen molar-refractivity contribution in [3.05, 3.63) is 71.8 Å². The molecule has 13 heteroatoms. The Labute approximate surface area is 253 Å². The average Bonchev–Trinajstić information content (AvgIpc) is 3.28. The molecule has 4 amide bonds. The smallest absolute Gasteiger partial charge is 0.508 e. The van der Waals surface area contributed by atoms with Crippen LogP contribution in [0.4, 0.5) is 18.9 Å². The van der Waals surface area contributed by atoms with Gasteiger partial charge in [0.05, 0.1) is 17.5 Å². The van der Waals surface area contributed by atoms with Gasteiger partial charge in [0.15, 0.2) is 9.75 Å². The van der Waals surface area contributed by atoms with Gasteiger partial charge in [0.25, 0.3) is 11.8 Å². The van der Waals surface area contributed by atoms with Crippen LogP contribution in [0.2, 0.25) is 0 Å². The molecule has 0 aromatic heterocycles. The van der Waals surface area contributed by atoms with Gasteiger partial charge in [0.1, 0.15) is 11.5 Å². The van der Waals surface area contributed by atoms with E-state index in [1.165, 1.54) is 7.05 Å². The average molecular weight is 635 g/mol. The summed E-state index contributed by atoms with van der Waals surface area (Å²) in [6, 6.07) is 9.31. The van der Waals surface area contributed by atoms with Crippen molar-refractivity contribution in [3.63, 3.8) is 0 Å². The highest BCUT2D eigenvalue weighted by Gasteiger charge is 2.76. The first-order valence-electron chi connectivity index (χ1n) is 13.2. The van der Waals surface area contributed by atoms with Gasteiger partial charge in [-0.25, -0.2) is 0 Å². The molecule has 2 aliphatic heterocycles. The van der Waals surface area contributed by atoms with Crippen molar-refractivity contribution < 1.29 is 42.2 Å². The van der Waals surface area contributed by atoms with Crippen molar-refractivity contribution in [1.29, 1.82) is 0 Å². The van der Waals surface area contributed by atoms with Crippen LogP contribution in [-0.4, -0.2) is 56.8 Å². The summed E-state index contributed by atoms with van der Waals surface area (Å²) in [5, 5.41) is 10.9. The maximum atomic E-state index is 14.0. The Bertz CT molecular complexity index is 1640. The first-order chi connectivity index (χ1) is 20.1. The molecule has 2 aliphatic carbocycles. The number of benzene rings is 2. The maximum absolute atomic E-state index is 14.0. The first kappa shape index (κ1) is 29.3. The molecule has 43 heavy (non-hydrogen) atoms. The van der Waals surface area contributed by atoms with E-state index in [2.05, 4.69) is 11.3 Å². The summed E-state index contributed by atoms with van der Waals surface area (Å²) < 4.78 is 43.4. The van der Waals surface area contributed by atoms with Crippen molar-refractivity contribution in [2.75, 3.05) is 11.9 Å². The Morgan fingerprint density at radius 1 is 1.02 bits per heavy atom. The lowest BCUT2D eigenvalue weighted by molar-refractivity contribution is -0.274. The van der Waals surface area contributed by atoms with Crippen molar-refractivity contribution in [3.8, 4) is 11.5 Å². The zero-order valence-electron chi connectivity index (χ0n) is 22.4. The van der Waals surface area contributed by atoms with Gasteiger partial charge < -0.3 is 9.84 Å². The number of fused-ring (bicyclic) bond motifs is 4. The van der Waals surface area contributed by atoms with E-state index in [-0.39, 0.29) is 18.4 Å². The number of hydrogen-bond donors (Lipinski definition) is 1. The molecule has 6 unspecified atom stereocenters. The van der Waals surface area contributed by atoms with Gasteiger partial charge in [-0.2, -0.15) is 0 Å². The van der Waals surface area contributed by atoms with Crippen LogP contribution in [-0.2, 0) is 19.2 Å². The van der Waals surface area contributed by atoms with Crippen LogP contribution in [0, 0.1) is 17.8 Å². The van der Waals surface area contributed by atoms with Crippen LogP contribution in [0.3, 0.4) is 0 Å². The lowest BCUT2D eigenvalue weighted by Gasteiger charge is -2.50. The number of ether oxygens (including phenoxy) is 1. The van der Waals surface area contributed by atoms with Crippen molar-refractivity contribution >= 4 is 58.6 Å². The summed E-state index contributed by atoms with van der Waals surface area (Å²) in [4.78, 5) is 52.1. The van der Waals surface area contributed by atoms with Crippen LogP contribution in [0.15, 0.2) is 60.7 Å². The Hall–Kier alpha value is -3.83. The van der Waals surface area contributed by atoms with Gasteiger partial charge >= 0.3 is 6.36 Å². The third-order valence-electron chi connectivity index (χ3n) is 8.94. The minimum Gasteiger partial charge on any atom is -0.508 e. The molecule has 8 nitrogen and oxygen atoms in total. The summed E-state index contributed by atoms with van der Waals surface area (Å²) in [7, 11) is 1.18. The second-order valence-corrected chi connectivity index (χ2v) is 12.3. The molecule has 3 fully saturated rings. The number of aromatic hydroxyl groups is 1. The van der Waals surface area contributed by atoms with Crippen molar-refractivity contribution in [2.24, 2.45) is 17.8 Å². The Balaban J connectivity index is 1.51. The number of carbonyl (C=O) groups excluding carboxylic acids is 4. The molecule has 1 saturated carbocycles. The minimum absolute atomic E-state index is 0.0402. The van der Waals surface area contributed by atoms with Crippen LogP contribution >= 0.6 is 23.2 Å². The van der Waals surface area contributed by atoms with Gasteiger partial charge in [0, 0.05) is 18.5 Å². The number of carbonyl (C=O) groups is 4. The molecule has 1 N–H and O–H groups in total.